The van der Waals surface area contributed by atoms with E-state index >= 15 is 0 Å². The minimum absolute atomic E-state index is 0.188. The molecule has 0 heterocycles. The number of halogens is 2. The zero-order valence-corrected chi connectivity index (χ0v) is 22.6. The lowest BCUT2D eigenvalue weighted by Crippen LogP contribution is -2.18. The Morgan fingerprint density at radius 3 is 2.23 bits per heavy atom. The van der Waals surface area contributed by atoms with E-state index in [-0.39, 0.29) is 16.3 Å². The first-order valence-electron chi connectivity index (χ1n) is 12.0. The number of carbonyl (C=O) groups is 3. The van der Waals surface area contributed by atoms with E-state index in [1.54, 1.807) is 72.8 Å². The second-order valence-electron chi connectivity index (χ2n) is 8.41. The molecule has 0 unspecified atom stereocenters. The van der Waals surface area contributed by atoms with Crippen LogP contribution < -0.4 is 14.9 Å². The molecule has 0 radical (unpaired) electrons. The van der Waals surface area contributed by atoms with Crippen molar-refractivity contribution in [3.05, 3.63) is 135 Å². The highest BCUT2D eigenvalue weighted by Gasteiger charge is 2.12. The number of ether oxygens (including phenoxy) is 2. The van der Waals surface area contributed by atoms with Crippen molar-refractivity contribution in [2.75, 3.05) is 0 Å². The van der Waals surface area contributed by atoms with Gasteiger partial charge in [0, 0.05) is 22.2 Å². The van der Waals surface area contributed by atoms with E-state index in [4.69, 9.17) is 32.7 Å². The Labute approximate surface area is 240 Å². The van der Waals surface area contributed by atoms with E-state index in [1.807, 2.05) is 13.0 Å². The van der Waals surface area contributed by atoms with Crippen LogP contribution in [0.3, 0.4) is 0 Å². The van der Waals surface area contributed by atoms with Gasteiger partial charge in [0.05, 0.1) is 22.4 Å². The Bertz CT molecular complexity index is 1630. The first-order chi connectivity index (χ1) is 19.3. The standard InChI is InChI=1S/C31H22Cl2N2O5/c1-20-7-6-10-22(17-20)31(38)40-27-11-4-2-8-21(27)13-16-29(36)39-28-12-5-3-9-23(28)19-34-35-30(37)25-15-14-24(32)18-26(25)33/h2-19H,1H3,(H,35,37)/b16-13+,34-19+. The zero-order chi connectivity index (χ0) is 28.5. The first-order valence-corrected chi connectivity index (χ1v) is 12.7. The molecule has 0 aliphatic rings. The zero-order valence-electron chi connectivity index (χ0n) is 21.1. The molecule has 4 aromatic carbocycles. The van der Waals surface area contributed by atoms with Crippen LogP contribution in [0, 0.1) is 6.92 Å². The van der Waals surface area contributed by atoms with Gasteiger partial charge in [0.15, 0.2) is 0 Å². The number of esters is 2. The first kappa shape index (κ1) is 28.3. The summed E-state index contributed by atoms with van der Waals surface area (Å²) >= 11 is 11.9. The van der Waals surface area contributed by atoms with Gasteiger partial charge in [-0.25, -0.2) is 15.0 Å². The van der Waals surface area contributed by atoms with Crippen LogP contribution in [0.2, 0.25) is 10.0 Å². The van der Waals surface area contributed by atoms with Crippen molar-refractivity contribution < 1.29 is 23.9 Å². The van der Waals surface area contributed by atoms with Crippen molar-refractivity contribution >= 4 is 53.3 Å². The number of hydrogen-bond donors (Lipinski definition) is 1. The van der Waals surface area contributed by atoms with Crippen molar-refractivity contribution in [1.82, 2.24) is 5.43 Å². The molecular weight excluding hydrogens is 551 g/mol. The van der Waals surface area contributed by atoms with Gasteiger partial charge in [-0.15, -0.1) is 0 Å². The topological polar surface area (TPSA) is 94.1 Å². The van der Waals surface area contributed by atoms with Gasteiger partial charge in [-0.1, -0.05) is 71.2 Å². The second kappa shape index (κ2) is 13.4. The lowest BCUT2D eigenvalue weighted by atomic mass is 10.1. The summed E-state index contributed by atoms with van der Waals surface area (Å²) in [7, 11) is 0. The molecule has 9 heteroatoms. The molecule has 0 aliphatic heterocycles. The van der Waals surface area contributed by atoms with Gasteiger partial charge in [-0.2, -0.15) is 5.10 Å². The predicted molar refractivity (Wildman–Crippen MR) is 155 cm³/mol. The number of nitrogens with zero attached hydrogens (tertiary/aromatic N) is 1. The summed E-state index contributed by atoms with van der Waals surface area (Å²) in [6.45, 7) is 1.89. The van der Waals surface area contributed by atoms with E-state index in [1.165, 1.54) is 30.5 Å². The smallest absolute Gasteiger partial charge is 0.343 e. The van der Waals surface area contributed by atoms with Crippen molar-refractivity contribution in [3.8, 4) is 11.5 Å². The lowest BCUT2D eigenvalue weighted by Gasteiger charge is -2.08. The number of amides is 1. The fourth-order valence-corrected chi connectivity index (χ4v) is 4.01. The number of nitrogens with one attached hydrogen (secondary N) is 1. The molecule has 4 aromatic rings. The van der Waals surface area contributed by atoms with Crippen LogP contribution >= 0.6 is 23.2 Å². The molecule has 0 atom stereocenters. The molecule has 7 nitrogen and oxygen atoms in total. The van der Waals surface area contributed by atoms with Crippen LogP contribution in [-0.2, 0) is 4.79 Å². The van der Waals surface area contributed by atoms with Crippen LogP contribution in [-0.4, -0.2) is 24.1 Å². The van der Waals surface area contributed by atoms with Gasteiger partial charge in [-0.3, -0.25) is 4.79 Å². The molecule has 1 amide bonds. The number of carbonyl (C=O) groups excluding carboxylic acids is 3. The van der Waals surface area contributed by atoms with E-state index < -0.39 is 17.8 Å². The van der Waals surface area contributed by atoms with Gasteiger partial charge in [0.25, 0.3) is 5.91 Å². The maximum Gasteiger partial charge on any atom is 0.343 e. The van der Waals surface area contributed by atoms with E-state index in [2.05, 4.69) is 10.5 Å². The Morgan fingerprint density at radius 2 is 1.50 bits per heavy atom. The largest absolute Gasteiger partial charge is 0.423 e. The Hall–Kier alpha value is -4.72. The summed E-state index contributed by atoms with van der Waals surface area (Å²) in [5, 5.41) is 4.53. The summed E-state index contributed by atoms with van der Waals surface area (Å²) in [5.41, 5.74) is 4.90. The van der Waals surface area contributed by atoms with Gasteiger partial charge < -0.3 is 9.47 Å². The highest BCUT2D eigenvalue weighted by atomic mass is 35.5. The van der Waals surface area contributed by atoms with Gasteiger partial charge in [0.2, 0.25) is 0 Å². The molecule has 1 N–H and O–H groups in total. The number of rotatable bonds is 8. The van der Waals surface area contributed by atoms with Crippen molar-refractivity contribution in [2.45, 2.75) is 6.92 Å². The summed E-state index contributed by atoms with van der Waals surface area (Å²) in [6.07, 6.45) is 4.06. The average Bonchev–Trinajstić information content (AvgIpc) is 2.93. The number of hydrogen-bond acceptors (Lipinski definition) is 6. The molecule has 0 saturated carbocycles. The Morgan fingerprint density at radius 1 is 0.800 bits per heavy atom. The van der Waals surface area contributed by atoms with Crippen LogP contribution in [0.1, 0.15) is 37.4 Å². The van der Waals surface area contributed by atoms with Crippen LogP contribution in [0.25, 0.3) is 6.08 Å². The third-order valence-electron chi connectivity index (χ3n) is 5.45. The SMILES string of the molecule is Cc1cccc(C(=O)Oc2ccccc2/C=C/C(=O)Oc2ccccc2/C=N/NC(=O)c2ccc(Cl)cc2Cl)c1. The average molecular weight is 573 g/mol. The molecule has 0 aliphatic carbocycles. The Kier molecular flexibility index (Phi) is 9.46. The monoisotopic (exact) mass is 572 g/mol. The highest BCUT2D eigenvalue weighted by Crippen LogP contribution is 2.23. The number of aryl methyl sites for hydroxylation is 1. The summed E-state index contributed by atoms with van der Waals surface area (Å²) < 4.78 is 11.0. The quantitative estimate of drug-likeness (QED) is 0.0814. The summed E-state index contributed by atoms with van der Waals surface area (Å²) in [4.78, 5) is 37.6. The number of benzene rings is 4. The van der Waals surface area contributed by atoms with Crippen molar-refractivity contribution in [2.24, 2.45) is 5.10 Å². The molecule has 40 heavy (non-hydrogen) atoms. The van der Waals surface area contributed by atoms with Gasteiger partial charge in [-0.05, 0) is 61.5 Å². The van der Waals surface area contributed by atoms with Crippen molar-refractivity contribution in [1.29, 1.82) is 0 Å². The van der Waals surface area contributed by atoms with Crippen LogP contribution in [0.15, 0.2) is 102 Å². The summed E-state index contributed by atoms with van der Waals surface area (Å²) in [6, 6.07) is 25.0. The van der Waals surface area contributed by atoms with E-state index in [9.17, 15) is 14.4 Å². The van der Waals surface area contributed by atoms with Gasteiger partial charge in [0.1, 0.15) is 11.5 Å². The molecule has 200 valence electrons. The molecule has 0 bridgehead atoms. The lowest BCUT2D eigenvalue weighted by molar-refractivity contribution is -0.128. The van der Waals surface area contributed by atoms with E-state index in [0.29, 0.717) is 27.5 Å². The third-order valence-corrected chi connectivity index (χ3v) is 6.00. The second-order valence-corrected chi connectivity index (χ2v) is 9.26. The van der Waals surface area contributed by atoms with Crippen molar-refractivity contribution in [3.63, 3.8) is 0 Å². The molecule has 0 spiro atoms. The number of hydrazone groups is 1. The van der Waals surface area contributed by atoms with Gasteiger partial charge >= 0.3 is 11.9 Å². The van der Waals surface area contributed by atoms with Crippen LogP contribution in [0.4, 0.5) is 0 Å². The molecule has 0 fully saturated rings. The normalized spacial score (nSPS) is 11.0. The minimum atomic E-state index is -0.669. The summed E-state index contributed by atoms with van der Waals surface area (Å²) in [5.74, 6) is -1.19. The predicted octanol–water partition coefficient (Wildman–Crippen LogP) is 6.90. The highest BCUT2D eigenvalue weighted by molar-refractivity contribution is 6.36. The third kappa shape index (κ3) is 7.66. The molecule has 0 aromatic heterocycles. The maximum atomic E-state index is 12.6. The minimum Gasteiger partial charge on any atom is -0.423 e. The fourth-order valence-electron chi connectivity index (χ4n) is 3.52. The molecule has 0 saturated heterocycles. The maximum absolute atomic E-state index is 12.6. The fraction of sp³-hybridized carbons (Fsp3) is 0.0323. The molecular formula is C31H22Cl2N2O5. The van der Waals surface area contributed by atoms with Crippen LogP contribution in [0.5, 0.6) is 11.5 Å². The Balaban J connectivity index is 1.41. The molecule has 4 rings (SSSR count). The number of para-hydroxylation sites is 2. The van der Waals surface area contributed by atoms with E-state index in [0.717, 1.165) is 5.56 Å².